The molecule has 0 radical (unpaired) electrons. The number of halogens is 2. The van der Waals surface area contributed by atoms with E-state index in [4.69, 9.17) is 4.74 Å². The summed E-state index contributed by atoms with van der Waals surface area (Å²) in [7, 11) is 0. The summed E-state index contributed by atoms with van der Waals surface area (Å²) >= 11 is 6.82. The van der Waals surface area contributed by atoms with E-state index in [2.05, 4.69) is 37.2 Å². The van der Waals surface area contributed by atoms with Crippen LogP contribution in [-0.2, 0) is 9.53 Å². The van der Waals surface area contributed by atoms with Crippen molar-refractivity contribution < 1.29 is 9.53 Å². The second-order valence-electron chi connectivity index (χ2n) is 4.39. The van der Waals surface area contributed by atoms with Crippen molar-refractivity contribution in [3.63, 3.8) is 0 Å². The van der Waals surface area contributed by atoms with Crippen molar-refractivity contribution in [1.29, 1.82) is 0 Å². The SMILES string of the molecule is CCOC(=O)C(Nc1ccc(Br)cc1)c1cccc(Br)c1. The number of carbonyl (C=O) groups is 1. The molecule has 2 rings (SSSR count). The molecule has 2 aromatic carbocycles. The maximum Gasteiger partial charge on any atom is 0.333 e. The number of benzene rings is 2. The van der Waals surface area contributed by atoms with Gasteiger partial charge in [-0.05, 0) is 48.9 Å². The monoisotopic (exact) mass is 411 g/mol. The van der Waals surface area contributed by atoms with E-state index in [0.29, 0.717) is 6.61 Å². The summed E-state index contributed by atoms with van der Waals surface area (Å²) in [5.74, 6) is -0.293. The van der Waals surface area contributed by atoms with Crippen LogP contribution in [0.15, 0.2) is 57.5 Å². The molecule has 1 N–H and O–H groups in total. The first kappa shape index (κ1) is 16.0. The molecule has 1 atom stereocenters. The number of hydrogen-bond donors (Lipinski definition) is 1. The number of esters is 1. The van der Waals surface area contributed by atoms with Gasteiger partial charge in [-0.15, -0.1) is 0 Å². The predicted octanol–water partition coefficient (Wildman–Crippen LogP) is 4.93. The van der Waals surface area contributed by atoms with Gasteiger partial charge in [-0.25, -0.2) is 4.79 Å². The van der Waals surface area contributed by atoms with Gasteiger partial charge >= 0.3 is 5.97 Å². The molecule has 21 heavy (non-hydrogen) atoms. The lowest BCUT2D eigenvalue weighted by Gasteiger charge is -2.19. The topological polar surface area (TPSA) is 38.3 Å². The first-order valence-corrected chi connectivity index (χ1v) is 8.13. The second-order valence-corrected chi connectivity index (χ2v) is 6.22. The Labute approximate surface area is 141 Å². The molecule has 0 heterocycles. The van der Waals surface area contributed by atoms with E-state index in [1.165, 1.54) is 0 Å². The van der Waals surface area contributed by atoms with Gasteiger partial charge < -0.3 is 10.1 Å². The van der Waals surface area contributed by atoms with Gasteiger partial charge in [-0.3, -0.25) is 0 Å². The first-order valence-electron chi connectivity index (χ1n) is 6.54. The van der Waals surface area contributed by atoms with Gasteiger partial charge in [0, 0.05) is 14.6 Å². The second kappa shape index (κ2) is 7.61. The Morgan fingerprint density at radius 2 is 1.86 bits per heavy atom. The molecule has 0 aliphatic heterocycles. The number of carbonyl (C=O) groups excluding carboxylic acids is 1. The zero-order valence-electron chi connectivity index (χ0n) is 11.5. The fraction of sp³-hybridized carbons (Fsp3) is 0.188. The average molecular weight is 413 g/mol. The van der Waals surface area contributed by atoms with Crippen LogP contribution in [0.1, 0.15) is 18.5 Å². The van der Waals surface area contributed by atoms with Crippen LogP contribution >= 0.6 is 31.9 Å². The Morgan fingerprint density at radius 1 is 1.14 bits per heavy atom. The molecule has 0 amide bonds. The fourth-order valence-electron chi connectivity index (χ4n) is 1.90. The van der Waals surface area contributed by atoms with Gasteiger partial charge in [0.15, 0.2) is 6.04 Å². The highest BCUT2D eigenvalue weighted by molar-refractivity contribution is 9.10. The summed E-state index contributed by atoms with van der Waals surface area (Å²) < 4.78 is 7.08. The van der Waals surface area contributed by atoms with Gasteiger partial charge in [0.25, 0.3) is 0 Å². The highest BCUT2D eigenvalue weighted by atomic mass is 79.9. The molecule has 1 unspecified atom stereocenters. The summed E-state index contributed by atoms with van der Waals surface area (Å²) in [6, 6.07) is 14.8. The van der Waals surface area contributed by atoms with E-state index in [-0.39, 0.29) is 5.97 Å². The van der Waals surface area contributed by atoms with Crippen molar-refractivity contribution in [3.05, 3.63) is 63.0 Å². The standard InChI is InChI=1S/C16H15Br2NO2/c1-2-21-16(20)15(11-4-3-5-13(18)10-11)19-14-8-6-12(17)7-9-14/h3-10,15,19H,2H2,1H3. The number of hydrogen-bond acceptors (Lipinski definition) is 3. The molecular formula is C16H15Br2NO2. The van der Waals surface area contributed by atoms with Crippen LogP contribution in [0.25, 0.3) is 0 Å². The Morgan fingerprint density at radius 3 is 2.48 bits per heavy atom. The van der Waals surface area contributed by atoms with E-state index in [0.717, 1.165) is 20.2 Å². The number of rotatable bonds is 5. The number of nitrogens with one attached hydrogen (secondary N) is 1. The molecule has 5 heteroatoms. The smallest absolute Gasteiger partial charge is 0.333 e. The van der Waals surface area contributed by atoms with Crippen molar-refractivity contribution in [2.45, 2.75) is 13.0 Å². The molecule has 0 saturated carbocycles. The van der Waals surface area contributed by atoms with Gasteiger partial charge in [0.2, 0.25) is 0 Å². The molecule has 0 fully saturated rings. The predicted molar refractivity (Wildman–Crippen MR) is 91.3 cm³/mol. The third-order valence-corrected chi connectivity index (χ3v) is 3.88. The zero-order chi connectivity index (χ0) is 15.2. The van der Waals surface area contributed by atoms with Crippen molar-refractivity contribution in [3.8, 4) is 0 Å². The van der Waals surface area contributed by atoms with Gasteiger partial charge in [-0.1, -0.05) is 44.0 Å². The molecule has 0 spiro atoms. The summed E-state index contributed by atoms with van der Waals surface area (Å²) in [4.78, 5) is 12.2. The highest BCUT2D eigenvalue weighted by Gasteiger charge is 2.22. The maximum atomic E-state index is 12.2. The van der Waals surface area contributed by atoms with Crippen LogP contribution in [0, 0.1) is 0 Å². The van der Waals surface area contributed by atoms with Crippen LogP contribution in [0.2, 0.25) is 0 Å². The number of ether oxygens (including phenoxy) is 1. The van der Waals surface area contributed by atoms with Crippen LogP contribution in [-0.4, -0.2) is 12.6 Å². The van der Waals surface area contributed by atoms with Gasteiger partial charge in [0.1, 0.15) is 0 Å². The van der Waals surface area contributed by atoms with Gasteiger partial charge in [0.05, 0.1) is 6.61 Å². The quantitative estimate of drug-likeness (QED) is 0.707. The molecule has 0 aliphatic carbocycles. The van der Waals surface area contributed by atoms with Crippen molar-refractivity contribution in [2.75, 3.05) is 11.9 Å². The minimum absolute atomic E-state index is 0.293. The summed E-state index contributed by atoms with van der Waals surface area (Å²) in [5, 5.41) is 3.22. The molecule has 0 saturated heterocycles. The first-order chi connectivity index (χ1) is 10.1. The third kappa shape index (κ3) is 4.58. The van der Waals surface area contributed by atoms with E-state index in [9.17, 15) is 4.79 Å². The minimum Gasteiger partial charge on any atom is -0.464 e. The van der Waals surface area contributed by atoms with Crippen LogP contribution in [0.5, 0.6) is 0 Å². The van der Waals surface area contributed by atoms with Gasteiger partial charge in [-0.2, -0.15) is 0 Å². The molecule has 0 bridgehead atoms. The average Bonchev–Trinajstić information content (AvgIpc) is 2.47. The zero-order valence-corrected chi connectivity index (χ0v) is 14.6. The maximum absolute atomic E-state index is 12.2. The van der Waals surface area contributed by atoms with E-state index in [1.807, 2.05) is 48.5 Å². The van der Waals surface area contributed by atoms with Crippen LogP contribution in [0.3, 0.4) is 0 Å². The van der Waals surface area contributed by atoms with E-state index in [1.54, 1.807) is 6.92 Å². The number of anilines is 1. The summed E-state index contributed by atoms with van der Waals surface area (Å²) in [5.41, 5.74) is 1.71. The summed E-state index contributed by atoms with van der Waals surface area (Å²) in [6.45, 7) is 2.15. The Hall–Kier alpha value is -1.33. The van der Waals surface area contributed by atoms with E-state index >= 15 is 0 Å². The highest BCUT2D eigenvalue weighted by Crippen LogP contribution is 2.24. The third-order valence-electron chi connectivity index (χ3n) is 2.86. The molecule has 0 aromatic heterocycles. The van der Waals surface area contributed by atoms with Crippen LogP contribution in [0.4, 0.5) is 5.69 Å². The minimum atomic E-state index is -0.538. The Bertz CT molecular complexity index is 614. The fourth-order valence-corrected chi connectivity index (χ4v) is 2.58. The van der Waals surface area contributed by atoms with Crippen molar-refractivity contribution in [1.82, 2.24) is 0 Å². The normalized spacial score (nSPS) is 11.8. The molecule has 0 aliphatic rings. The van der Waals surface area contributed by atoms with Crippen molar-refractivity contribution >= 4 is 43.5 Å². The lowest BCUT2D eigenvalue weighted by atomic mass is 10.1. The lowest BCUT2D eigenvalue weighted by molar-refractivity contribution is -0.144. The molecule has 2 aromatic rings. The van der Waals surface area contributed by atoms with Crippen LogP contribution < -0.4 is 5.32 Å². The molecule has 3 nitrogen and oxygen atoms in total. The Kier molecular flexibility index (Phi) is 5.82. The lowest BCUT2D eigenvalue weighted by Crippen LogP contribution is -2.23. The summed E-state index contributed by atoms with van der Waals surface area (Å²) in [6.07, 6.45) is 0. The largest absolute Gasteiger partial charge is 0.464 e. The molecule has 110 valence electrons. The van der Waals surface area contributed by atoms with Crippen molar-refractivity contribution in [2.24, 2.45) is 0 Å². The Balaban J connectivity index is 2.27. The molecular weight excluding hydrogens is 398 g/mol. The van der Waals surface area contributed by atoms with E-state index < -0.39 is 6.04 Å².